The monoisotopic (exact) mass is 698 g/mol. The predicted octanol–water partition coefficient (Wildman–Crippen LogP) is 5.91. The Morgan fingerprint density at radius 2 is 1.63 bits per heavy atom. The van der Waals surface area contributed by atoms with E-state index in [4.69, 9.17) is 28.1 Å². The van der Waals surface area contributed by atoms with Crippen LogP contribution < -0.4 is 0 Å². The van der Waals surface area contributed by atoms with Gasteiger partial charge in [0.1, 0.15) is 23.9 Å². The molecule has 1 N–H and O–H groups in total. The lowest BCUT2D eigenvalue weighted by atomic mass is 9.44. The first-order valence-corrected chi connectivity index (χ1v) is 20.5. The van der Waals surface area contributed by atoms with Crippen molar-refractivity contribution < 1.29 is 47.6 Å². The zero-order chi connectivity index (χ0) is 35.9. The van der Waals surface area contributed by atoms with Crippen LogP contribution in [0.25, 0.3) is 0 Å². The van der Waals surface area contributed by atoms with Crippen molar-refractivity contribution in [2.45, 2.75) is 148 Å². The largest absolute Gasteiger partial charge is 0.455 e. The van der Waals surface area contributed by atoms with Gasteiger partial charge in [0, 0.05) is 30.6 Å². The lowest BCUT2D eigenvalue weighted by Gasteiger charge is -2.69. The maximum Gasteiger partial charge on any atom is 0.338 e. The van der Waals surface area contributed by atoms with Gasteiger partial charge in [-0.3, -0.25) is 9.59 Å². The summed E-state index contributed by atoms with van der Waals surface area (Å²) in [7, 11) is -2.32. The van der Waals surface area contributed by atoms with E-state index in [0.29, 0.717) is 23.1 Å². The van der Waals surface area contributed by atoms with Gasteiger partial charge in [-0.25, -0.2) is 4.79 Å². The molecular formula is C38H54O10Si. The summed E-state index contributed by atoms with van der Waals surface area (Å²) < 4.78 is 40.5. The van der Waals surface area contributed by atoms with Crippen molar-refractivity contribution in [3.8, 4) is 0 Å². The first-order chi connectivity index (χ1) is 22.9. The van der Waals surface area contributed by atoms with Crippen molar-refractivity contribution in [3.05, 3.63) is 47.0 Å². The molecular weight excluding hydrogens is 644 g/mol. The van der Waals surface area contributed by atoms with Gasteiger partial charge in [-0.1, -0.05) is 59.7 Å². The Balaban J connectivity index is 1.69. The fourth-order valence-electron chi connectivity index (χ4n) is 10.0. The molecule has 0 radical (unpaired) electrons. The first-order valence-electron chi connectivity index (χ1n) is 17.9. The molecule has 0 spiro atoms. The summed E-state index contributed by atoms with van der Waals surface area (Å²) in [5, 5.41) is 13.4. The van der Waals surface area contributed by atoms with E-state index < -0.39 is 84.5 Å². The average Bonchev–Trinajstić information content (AvgIpc) is 3.36. The molecule has 0 amide bonds. The minimum atomic E-state index is -2.32. The molecule has 8 unspecified atom stereocenters. The third-order valence-corrected chi connectivity index (χ3v) is 17.7. The number of esters is 2. The number of carbonyl (C=O) groups excluding carboxylic acids is 3. The third-order valence-electron chi connectivity index (χ3n) is 13.1. The quantitative estimate of drug-likeness (QED) is 0.259. The van der Waals surface area contributed by atoms with Crippen molar-refractivity contribution in [3.63, 3.8) is 0 Å². The van der Waals surface area contributed by atoms with E-state index in [9.17, 15) is 19.5 Å². The number of Topliss-reactive ketones (excluding diaryl/α,β-unsaturated/α-hetero) is 1. The number of hydrogen-bond donors (Lipinski definition) is 1. The van der Waals surface area contributed by atoms with E-state index >= 15 is 0 Å². The summed E-state index contributed by atoms with van der Waals surface area (Å²) in [6.07, 6.45) is -3.85. The summed E-state index contributed by atoms with van der Waals surface area (Å²) in [4.78, 5) is 41.4. The van der Waals surface area contributed by atoms with Gasteiger partial charge >= 0.3 is 11.9 Å². The van der Waals surface area contributed by atoms with Gasteiger partial charge in [-0.05, 0) is 62.2 Å². The van der Waals surface area contributed by atoms with E-state index in [1.54, 1.807) is 37.3 Å². The number of hydrogen-bond acceptors (Lipinski definition) is 10. The highest BCUT2D eigenvalue weighted by atomic mass is 28.4. The van der Waals surface area contributed by atoms with Crippen LogP contribution in [0.5, 0.6) is 0 Å². The Bertz CT molecular complexity index is 1530. The van der Waals surface area contributed by atoms with Gasteiger partial charge in [0.25, 0.3) is 0 Å². The van der Waals surface area contributed by atoms with Crippen LogP contribution >= 0.6 is 0 Å². The number of benzene rings is 1. The van der Waals surface area contributed by atoms with Crippen LogP contribution in [0.2, 0.25) is 18.1 Å². The average molecular weight is 699 g/mol. The maximum atomic E-state index is 14.2. The fourth-order valence-corrected chi connectivity index (χ4v) is 13.0. The van der Waals surface area contributed by atoms with E-state index in [1.165, 1.54) is 6.92 Å². The van der Waals surface area contributed by atoms with Crippen molar-refractivity contribution in [1.82, 2.24) is 0 Å². The van der Waals surface area contributed by atoms with E-state index in [-0.39, 0.29) is 18.8 Å². The SMILES string of the molecule is CC[Si](CC)(CC)OC1CC2OCC2(OC(C)=O)C2C(OC(=O)c3ccccc3)C3(O)CC(=O)C(C)=C(C4OC(C)(C)OC4[C@]12C)C3(C)C. The van der Waals surface area contributed by atoms with Crippen LogP contribution in [0.1, 0.15) is 92.4 Å². The lowest BCUT2D eigenvalue weighted by Crippen LogP contribution is -2.82. The van der Waals surface area contributed by atoms with Crippen LogP contribution in [0.15, 0.2) is 41.5 Å². The molecule has 2 aliphatic heterocycles. The molecule has 270 valence electrons. The number of carbonyl (C=O) groups is 3. The Hall–Kier alpha value is -2.41. The summed E-state index contributed by atoms with van der Waals surface area (Å²) >= 11 is 0. The molecule has 2 heterocycles. The maximum absolute atomic E-state index is 14.2. The zero-order valence-electron chi connectivity index (χ0n) is 30.7. The van der Waals surface area contributed by atoms with Crippen LogP contribution in [-0.4, -0.2) is 85.3 Å². The van der Waals surface area contributed by atoms with Gasteiger partial charge in [0.15, 0.2) is 25.5 Å². The summed E-state index contributed by atoms with van der Waals surface area (Å²) in [6, 6.07) is 11.3. The zero-order valence-corrected chi connectivity index (χ0v) is 31.7. The number of allylic oxidation sites excluding steroid dienone is 1. The Morgan fingerprint density at radius 3 is 2.18 bits per heavy atom. The van der Waals surface area contributed by atoms with Gasteiger partial charge in [0.2, 0.25) is 0 Å². The van der Waals surface area contributed by atoms with E-state index in [1.807, 2.05) is 27.7 Å². The van der Waals surface area contributed by atoms with Crippen molar-refractivity contribution >= 4 is 26.0 Å². The number of ether oxygens (including phenoxy) is 5. The van der Waals surface area contributed by atoms with Gasteiger partial charge < -0.3 is 33.2 Å². The van der Waals surface area contributed by atoms with Crippen molar-refractivity contribution in [2.75, 3.05) is 6.61 Å². The molecule has 4 fully saturated rings. The predicted molar refractivity (Wildman–Crippen MR) is 183 cm³/mol. The van der Waals surface area contributed by atoms with Crippen molar-refractivity contribution in [1.29, 1.82) is 0 Å². The highest BCUT2D eigenvalue weighted by Gasteiger charge is 2.79. The second kappa shape index (κ2) is 12.1. The molecule has 0 aromatic heterocycles. The van der Waals surface area contributed by atoms with Crippen LogP contribution in [0.3, 0.4) is 0 Å². The Morgan fingerprint density at radius 1 is 1.00 bits per heavy atom. The Kier molecular flexibility index (Phi) is 8.97. The molecule has 2 saturated heterocycles. The van der Waals surface area contributed by atoms with E-state index in [2.05, 4.69) is 27.7 Å². The van der Waals surface area contributed by atoms with Crippen LogP contribution in [-0.2, 0) is 37.7 Å². The number of fused-ring (bicyclic) bond motifs is 8. The third kappa shape index (κ3) is 5.24. The normalized spacial score (nSPS) is 39.0. The minimum absolute atomic E-state index is 0.0231. The topological polar surface area (TPSA) is 127 Å². The lowest BCUT2D eigenvalue weighted by molar-refractivity contribution is -0.359. The van der Waals surface area contributed by atoms with Gasteiger partial charge in [-0.15, -0.1) is 0 Å². The number of rotatable bonds is 8. The molecule has 11 heteroatoms. The molecule has 5 aliphatic rings. The second-order valence-corrected chi connectivity index (χ2v) is 20.9. The summed E-state index contributed by atoms with van der Waals surface area (Å²) in [5.74, 6) is -3.45. The van der Waals surface area contributed by atoms with Crippen molar-refractivity contribution in [2.24, 2.45) is 16.7 Å². The molecule has 6 rings (SSSR count). The molecule has 10 nitrogen and oxygen atoms in total. The van der Waals surface area contributed by atoms with Gasteiger partial charge in [0.05, 0.1) is 30.3 Å². The van der Waals surface area contributed by atoms with Crippen LogP contribution in [0, 0.1) is 16.7 Å². The molecule has 2 bridgehead atoms. The number of aliphatic hydroxyl groups is 1. The molecule has 1 aromatic rings. The summed E-state index contributed by atoms with van der Waals surface area (Å²) in [5.41, 5.74) is -4.07. The Labute approximate surface area is 291 Å². The minimum Gasteiger partial charge on any atom is -0.455 e. The number of ketones is 1. The standard InChI is InChI=1S/C38H54O10Si/c1-11-49(12-2,13-3)48-26-19-27-37(21-43-27,45-23(5)39)30-32(44-33(41)24-17-15-14-16-18-24)38(42)20-25(40)22(4)28(34(38,6)7)29-31(36(26,30)10)47-35(8,9)46-29/h14-18,26-27,29-32,42H,11-13,19-21H2,1-10H3/t26?,27?,29?,30?,31?,32?,36-,37?,38?/m1/s1. The molecule has 2 saturated carbocycles. The van der Waals surface area contributed by atoms with Crippen LogP contribution in [0.4, 0.5) is 0 Å². The highest BCUT2D eigenvalue weighted by molar-refractivity contribution is 6.73. The first kappa shape index (κ1) is 36.4. The molecule has 9 atom stereocenters. The summed E-state index contributed by atoms with van der Waals surface area (Å²) in [6.45, 7) is 19.2. The second-order valence-electron chi connectivity index (χ2n) is 16.1. The fraction of sp³-hybridized carbons (Fsp3) is 0.711. The molecule has 3 aliphatic carbocycles. The smallest absolute Gasteiger partial charge is 0.338 e. The highest BCUT2D eigenvalue weighted by Crippen LogP contribution is 2.67. The van der Waals surface area contributed by atoms with Gasteiger partial charge in [-0.2, -0.15) is 0 Å². The van der Waals surface area contributed by atoms with E-state index in [0.717, 1.165) is 18.1 Å². The molecule has 1 aromatic carbocycles. The molecule has 49 heavy (non-hydrogen) atoms.